The van der Waals surface area contributed by atoms with Crippen molar-refractivity contribution < 1.29 is 19.1 Å². The van der Waals surface area contributed by atoms with Gasteiger partial charge >= 0.3 is 0 Å². The second kappa shape index (κ2) is 4.13. The molecule has 4 rings (SSSR count). The minimum atomic E-state index is -0.479. The van der Waals surface area contributed by atoms with E-state index in [2.05, 4.69) is 0 Å². The van der Waals surface area contributed by atoms with Gasteiger partial charge in [0.15, 0.2) is 5.78 Å². The maximum Gasteiger partial charge on any atom is 0.234 e. The number of ketones is 3. The van der Waals surface area contributed by atoms with E-state index in [4.69, 9.17) is 4.74 Å². The van der Waals surface area contributed by atoms with Gasteiger partial charge in [0, 0.05) is 29.0 Å². The summed E-state index contributed by atoms with van der Waals surface area (Å²) < 4.78 is 5.65. The molecular formula is C17H14O4. The Balaban J connectivity index is 2.03. The number of rotatable bonds is 0. The van der Waals surface area contributed by atoms with Crippen LogP contribution in [0.1, 0.15) is 51.6 Å². The Bertz CT molecular complexity index is 754. The minimum absolute atomic E-state index is 0.0535. The molecule has 106 valence electrons. The minimum Gasteiger partial charge on any atom is -0.492 e. The first-order chi connectivity index (χ1) is 10.1. The van der Waals surface area contributed by atoms with Crippen molar-refractivity contribution in [2.75, 3.05) is 6.61 Å². The first-order valence-corrected chi connectivity index (χ1v) is 7.25. The van der Waals surface area contributed by atoms with E-state index in [1.165, 1.54) is 0 Å². The van der Waals surface area contributed by atoms with Crippen LogP contribution < -0.4 is 0 Å². The summed E-state index contributed by atoms with van der Waals surface area (Å²) in [5, 5.41) is 0. The third-order valence-electron chi connectivity index (χ3n) is 4.58. The summed E-state index contributed by atoms with van der Waals surface area (Å²) in [6.07, 6.45) is 1.91. The van der Waals surface area contributed by atoms with Gasteiger partial charge in [0.25, 0.3) is 0 Å². The summed E-state index contributed by atoms with van der Waals surface area (Å²) in [5.41, 5.74) is 2.91. The highest BCUT2D eigenvalue weighted by Crippen LogP contribution is 2.41. The third-order valence-corrected chi connectivity index (χ3v) is 4.58. The topological polar surface area (TPSA) is 60.4 Å². The van der Waals surface area contributed by atoms with Crippen LogP contribution in [0.3, 0.4) is 0 Å². The largest absolute Gasteiger partial charge is 0.492 e. The number of Topliss-reactive ketones (excluding diaryl/α,β-unsaturated/α-hetero) is 3. The molecule has 0 N–H and O–H groups in total. The zero-order valence-electron chi connectivity index (χ0n) is 11.7. The molecule has 1 heterocycles. The molecule has 21 heavy (non-hydrogen) atoms. The summed E-state index contributed by atoms with van der Waals surface area (Å²) in [5.74, 6) is -0.397. The van der Waals surface area contributed by atoms with Gasteiger partial charge in [-0.2, -0.15) is 0 Å². The summed E-state index contributed by atoms with van der Waals surface area (Å²) in [6.45, 7) is 2.32. The fourth-order valence-corrected chi connectivity index (χ4v) is 3.56. The van der Waals surface area contributed by atoms with Gasteiger partial charge in [-0.3, -0.25) is 14.4 Å². The second-order valence-electron chi connectivity index (χ2n) is 5.90. The van der Waals surface area contributed by atoms with Crippen LogP contribution in [-0.4, -0.2) is 24.0 Å². The van der Waals surface area contributed by atoms with Gasteiger partial charge in [0.05, 0.1) is 12.2 Å². The van der Waals surface area contributed by atoms with Crippen molar-refractivity contribution in [3.05, 3.63) is 40.0 Å². The number of ether oxygens (including phenoxy) is 1. The molecule has 0 amide bonds. The number of carbonyl (C=O) groups excluding carboxylic acids is 3. The molecule has 1 aromatic rings. The second-order valence-corrected chi connectivity index (χ2v) is 5.90. The Morgan fingerprint density at radius 2 is 1.81 bits per heavy atom. The normalized spacial score (nSPS) is 23.7. The van der Waals surface area contributed by atoms with E-state index in [1.807, 2.05) is 6.92 Å². The number of carbonyl (C=O) groups is 3. The summed E-state index contributed by atoms with van der Waals surface area (Å²) in [4.78, 5) is 36.9. The van der Waals surface area contributed by atoms with Crippen molar-refractivity contribution >= 4 is 23.1 Å². The Morgan fingerprint density at radius 3 is 2.62 bits per heavy atom. The number of hydrogen-bond acceptors (Lipinski definition) is 4. The maximum atomic E-state index is 12.5. The van der Waals surface area contributed by atoms with Crippen LogP contribution in [0, 0.1) is 5.92 Å². The van der Waals surface area contributed by atoms with Crippen molar-refractivity contribution in [2.24, 2.45) is 5.92 Å². The molecule has 0 unspecified atom stereocenters. The molecule has 0 bridgehead atoms. The van der Waals surface area contributed by atoms with Gasteiger partial charge in [-0.1, -0.05) is 13.0 Å². The number of hydrogen-bond donors (Lipinski definition) is 0. The Hall–Kier alpha value is -2.23. The third kappa shape index (κ3) is 1.53. The highest BCUT2D eigenvalue weighted by Gasteiger charge is 2.42. The molecule has 4 heteroatoms. The van der Waals surface area contributed by atoms with E-state index >= 15 is 0 Å². The number of fused-ring (bicyclic) bond motifs is 4. The van der Waals surface area contributed by atoms with Crippen LogP contribution in [0.2, 0.25) is 0 Å². The number of benzene rings is 1. The van der Waals surface area contributed by atoms with Crippen LogP contribution in [0.15, 0.2) is 17.7 Å². The molecule has 1 atom stereocenters. The van der Waals surface area contributed by atoms with Gasteiger partial charge in [0.1, 0.15) is 5.76 Å². The Morgan fingerprint density at radius 1 is 1.05 bits per heavy atom. The molecule has 1 aromatic carbocycles. The lowest BCUT2D eigenvalue weighted by Gasteiger charge is -2.23. The molecule has 4 nitrogen and oxygen atoms in total. The molecular weight excluding hydrogens is 268 g/mol. The molecule has 0 aromatic heterocycles. The standard InChI is InChI=1S/C17H14O4/c1-8-7-21-17-11-6-5-9-10(3-2-4-12(9)18)14(11)16(20)15(19)13(8)17/h5-6,8H,2-4,7H2,1H3/t8-/m0/s1. The lowest BCUT2D eigenvalue weighted by molar-refractivity contribution is -0.112. The van der Waals surface area contributed by atoms with Crippen molar-refractivity contribution in [1.29, 1.82) is 0 Å². The van der Waals surface area contributed by atoms with Crippen LogP contribution in [0.25, 0.3) is 5.76 Å². The van der Waals surface area contributed by atoms with Gasteiger partial charge < -0.3 is 4.74 Å². The highest BCUT2D eigenvalue weighted by atomic mass is 16.5. The van der Waals surface area contributed by atoms with Gasteiger partial charge in [0.2, 0.25) is 11.6 Å². The Labute approximate surface area is 121 Å². The van der Waals surface area contributed by atoms with Crippen molar-refractivity contribution in [3.63, 3.8) is 0 Å². The van der Waals surface area contributed by atoms with Crippen molar-refractivity contribution in [3.8, 4) is 0 Å². The van der Waals surface area contributed by atoms with Crippen LogP contribution in [-0.2, 0) is 16.0 Å². The average Bonchev–Trinajstić information content (AvgIpc) is 2.86. The van der Waals surface area contributed by atoms with E-state index in [1.54, 1.807) is 12.1 Å². The molecule has 0 spiro atoms. The van der Waals surface area contributed by atoms with Gasteiger partial charge in [-0.15, -0.1) is 0 Å². The SMILES string of the molecule is C[C@H]1COC2=C1C(=O)C(=O)c1c2ccc2c1CCCC2=O. The molecule has 0 saturated carbocycles. The lowest BCUT2D eigenvalue weighted by Crippen LogP contribution is -2.28. The maximum absolute atomic E-state index is 12.5. The van der Waals surface area contributed by atoms with E-state index in [9.17, 15) is 14.4 Å². The highest BCUT2D eigenvalue weighted by molar-refractivity contribution is 6.52. The molecule has 0 fully saturated rings. The fraction of sp³-hybridized carbons (Fsp3) is 0.353. The van der Waals surface area contributed by atoms with E-state index < -0.39 is 11.6 Å². The monoisotopic (exact) mass is 282 g/mol. The smallest absolute Gasteiger partial charge is 0.234 e. The predicted octanol–water partition coefficient (Wildman–Crippen LogP) is 2.35. The quantitative estimate of drug-likeness (QED) is 0.685. The van der Waals surface area contributed by atoms with Gasteiger partial charge in [-0.25, -0.2) is 0 Å². The molecule has 2 aliphatic carbocycles. The van der Waals surface area contributed by atoms with Crippen LogP contribution in [0.4, 0.5) is 0 Å². The Kier molecular flexibility index (Phi) is 2.46. The van der Waals surface area contributed by atoms with Gasteiger partial charge in [-0.05, 0) is 24.5 Å². The molecule has 0 saturated heterocycles. The van der Waals surface area contributed by atoms with Crippen molar-refractivity contribution in [1.82, 2.24) is 0 Å². The first kappa shape index (κ1) is 12.5. The lowest BCUT2D eigenvalue weighted by atomic mass is 9.78. The fourth-order valence-electron chi connectivity index (χ4n) is 3.56. The molecule has 3 aliphatic rings. The average molecular weight is 282 g/mol. The van der Waals surface area contributed by atoms with Crippen LogP contribution >= 0.6 is 0 Å². The summed E-state index contributed by atoms with van der Waals surface area (Å²) >= 11 is 0. The zero-order chi connectivity index (χ0) is 14.7. The van der Waals surface area contributed by atoms with Crippen LogP contribution in [0.5, 0.6) is 0 Å². The van der Waals surface area contributed by atoms with E-state index in [0.29, 0.717) is 47.5 Å². The molecule has 0 radical (unpaired) electrons. The zero-order valence-corrected chi connectivity index (χ0v) is 11.7. The van der Waals surface area contributed by atoms with Crippen molar-refractivity contribution in [2.45, 2.75) is 26.2 Å². The van der Waals surface area contributed by atoms with E-state index in [-0.39, 0.29) is 11.7 Å². The van der Waals surface area contributed by atoms with E-state index in [0.717, 1.165) is 12.0 Å². The summed E-state index contributed by atoms with van der Waals surface area (Å²) in [7, 11) is 0. The first-order valence-electron chi connectivity index (χ1n) is 7.25. The predicted molar refractivity (Wildman–Crippen MR) is 75.1 cm³/mol. The molecule has 1 aliphatic heterocycles. The summed E-state index contributed by atoms with van der Waals surface area (Å²) in [6, 6.07) is 3.53.